The molecule has 0 atom stereocenters. The van der Waals surface area contributed by atoms with Crippen molar-refractivity contribution < 1.29 is 16.8 Å². The van der Waals surface area contributed by atoms with Gasteiger partial charge >= 0.3 is 10.2 Å². The molecule has 0 bridgehead atoms. The van der Waals surface area contributed by atoms with Gasteiger partial charge in [0, 0.05) is 26.7 Å². The molecule has 11 heteroatoms. The van der Waals surface area contributed by atoms with E-state index in [4.69, 9.17) is 0 Å². The van der Waals surface area contributed by atoms with Crippen molar-refractivity contribution in [3.05, 3.63) is 41.7 Å². The van der Waals surface area contributed by atoms with E-state index in [-0.39, 0.29) is 12.6 Å². The quantitative estimate of drug-likeness (QED) is 0.661. The van der Waals surface area contributed by atoms with Crippen LogP contribution in [0.4, 0.5) is 0 Å². The van der Waals surface area contributed by atoms with Crippen molar-refractivity contribution in [3.8, 4) is 0 Å². The highest BCUT2D eigenvalue weighted by molar-refractivity contribution is 7.89. The average molecular weight is 428 g/mol. The third kappa shape index (κ3) is 4.12. The van der Waals surface area contributed by atoms with Gasteiger partial charge in [0.2, 0.25) is 0 Å². The first-order valence-electron chi connectivity index (χ1n) is 9.04. The molecule has 0 N–H and O–H groups in total. The normalized spacial score (nSPS) is 16.3. The molecule has 1 aliphatic rings. The molecule has 1 heterocycles. The van der Waals surface area contributed by atoms with E-state index >= 15 is 0 Å². The number of rotatable bonds is 7. The van der Waals surface area contributed by atoms with Crippen LogP contribution in [0.2, 0.25) is 0 Å². The molecule has 0 amide bonds. The molecule has 154 valence electrons. The van der Waals surface area contributed by atoms with Crippen LogP contribution in [0.15, 0.2) is 35.7 Å². The monoisotopic (exact) mass is 427 g/mol. The number of aromatic nitrogens is 3. The molecule has 9 nitrogen and oxygen atoms in total. The topological polar surface area (TPSA) is 105 Å². The summed E-state index contributed by atoms with van der Waals surface area (Å²) in [5.74, 6) is 0. The Morgan fingerprint density at radius 1 is 1.07 bits per heavy atom. The Labute approximate surface area is 166 Å². The fraction of sp³-hybridized carbons (Fsp3) is 0.529. The van der Waals surface area contributed by atoms with Gasteiger partial charge in [-0.05, 0) is 25.3 Å². The lowest BCUT2D eigenvalue weighted by molar-refractivity contribution is 0.313. The van der Waals surface area contributed by atoms with Gasteiger partial charge in [-0.2, -0.15) is 17.0 Å². The van der Waals surface area contributed by atoms with Crippen LogP contribution in [0, 0.1) is 6.92 Å². The van der Waals surface area contributed by atoms with Crippen LogP contribution < -0.4 is 0 Å². The fourth-order valence-corrected chi connectivity index (χ4v) is 5.45. The maximum atomic E-state index is 13.3. The van der Waals surface area contributed by atoms with Crippen LogP contribution in [-0.4, -0.2) is 59.8 Å². The molecule has 1 aromatic carbocycles. The Bertz CT molecular complexity index is 1020. The van der Waals surface area contributed by atoms with Crippen molar-refractivity contribution >= 4 is 20.2 Å². The van der Waals surface area contributed by atoms with E-state index in [1.165, 1.54) is 18.4 Å². The summed E-state index contributed by atoms with van der Waals surface area (Å²) in [4.78, 5) is 3.80. The predicted octanol–water partition coefficient (Wildman–Crippen LogP) is 1.37. The Hall–Kier alpha value is -1.82. The Balaban J connectivity index is 1.96. The minimum atomic E-state index is -4.05. The first-order chi connectivity index (χ1) is 13.1. The zero-order valence-electron chi connectivity index (χ0n) is 16.2. The molecule has 0 unspecified atom stereocenters. The molecule has 1 saturated carbocycles. The maximum Gasteiger partial charge on any atom is 0.323 e. The lowest BCUT2D eigenvalue weighted by atomic mass is 10.1. The zero-order valence-corrected chi connectivity index (χ0v) is 17.8. The SMILES string of the molecule is Cc1ccc(CN(C2CCCC2)S(=O)(=O)c2ncn(S(=O)(=O)N(C)C)n2)cc1. The molecule has 0 saturated heterocycles. The molecule has 1 aliphatic carbocycles. The summed E-state index contributed by atoms with van der Waals surface area (Å²) in [6.45, 7) is 2.17. The van der Waals surface area contributed by atoms with E-state index < -0.39 is 25.4 Å². The highest BCUT2D eigenvalue weighted by atomic mass is 32.2. The summed E-state index contributed by atoms with van der Waals surface area (Å²) in [6, 6.07) is 7.52. The van der Waals surface area contributed by atoms with E-state index in [2.05, 4.69) is 10.1 Å². The number of sulfonamides is 1. The standard InChI is InChI=1S/C17H25N5O4S2/c1-14-8-10-15(11-9-14)12-21(16-6-4-5-7-16)27(23,24)17-18-13-22(19-17)28(25,26)20(2)3/h8-11,13,16H,4-7,12H2,1-3H3. The van der Waals surface area contributed by atoms with Gasteiger partial charge in [-0.3, -0.25) is 0 Å². The number of nitrogens with zero attached hydrogens (tertiary/aromatic N) is 5. The molecular formula is C17H25N5O4S2. The highest BCUT2D eigenvalue weighted by Gasteiger charge is 2.36. The van der Waals surface area contributed by atoms with Crippen LogP contribution in [-0.2, 0) is 26.8 Å². The minimum Gasteiger partial charge on any atom is -0.203 e. The molecule has 0 spiro atoms. The van der Waals surface area contributed by atoms with Crippen LogP contribution in [0.5, 0.6) is 0 Å². The molecule has 1 aromatic heterocycles. The van der Waals surface area contributed by atoms with E-state index in [1.807, 2.05) is 31.2 Å². The summed E-state index contributed by atoms with van der Waals surface area (Å²) in [6.07, 6.45) is 4.37. The third-order valence-electron chi connectivity index (χ3n) is 4.88. The number of aryl methyl sites for hydroxylation is 1. The number of hydrogen-bond donors (Lipinski definition) is 0. The first kappa shape index (κ1) is 20.9. The molecule has 28 heavy (non-hydrogen) atoms. The summed E-state index contributed by atoms with van der Waals surface area (Å²) < 4.78 is 53.9. The molecule has 3 rings (SSSR count). The van der Waals surface area contributed by atoms with E-state index in [0.29, 0.717) is 4.09 Å². The van der Waals surface area contributed by atoms with Crippen LogP contribution in [0.3, 0.4) is 0 Å². The lowest BCUT2D eigenvalue weighted by Crippen LogP contribution is -2.39. The fourth-order valence-electron chi connectivity index (χ4n) is 3.21. The minimum absolute atomic E-state index is 0.149. The molecule has 0 aliphatic heterocycles. The van der Waals surface area contributed by atoms with Gasteiger partial charge in [-0.15, -0.1) is 9.19 Å². The number of benzene rings is 1. The predicted molar refractivity (Wildman–Crippen MR) is 104 cm³/mol. The van der Waals surface area contributed by atoms with Crippen molar-refractivity contribution in [1.82, 2.24) is 22.8 Å². The Morgan fingerprint density at radius 2 is 1.68 bits per heavy atom. The van der Waals surface area contributed by atoms with Crippen LogP contribution in [0.1, 0.15) is 36.8 Å². The highest BCUT2D eigenvalue weighted by Crippen LogP contribution is 2.29. The van der Waals surface area contributed by atoms with Gasteiger partial charge in [0.1, 0.15) is 6.33 Å². The van der Waals surface area contributed by atoms with E-state index in [9.17, 15) is 16.8 Å². The lowest BCUT2D eigenvalue weighted by Gasteiger charge is -2.26. The van der Waals surface area contributed by atoms with Crippen molar-refractivity contribution in [3.63, 3.8) is 0 Å². The van der Waals surface area contributed by atoms with Gasteiger partial charge in [-0.25, -0.2) is 13.4 Å². The van der Waals surface area contributed by atoms with Gasteiger partial charge in [0.25, 0.3) is 15.2 Å². The maximum absolute atomic E-state index is 13.3. The zero-order chi connectivity index (χ0) is 20.5. The second-order valence-corrected chi connectivity index (χ2v) is 10.9. The smallest absolute Gasteiger partial charge is 0.203 e. The summed E-state index contributed by atoms with van der Waals surface area (Å²) in [7, 11) is -5.30. The Kier molecular flexibility index (Phi) is 5.89. The van der Waals surface area contributed by atoms with E-state index in [0.717, 1.165) is 47.4 Å². The summed E-state index contributed by atoms with van der Waals surface area (Å²) >= 11 is 0. The van der Waals surface area contributed by atoms with Gasteiger partial charge < -0.3 is 0 Å². The van der Waals surface area contributed by atoms with Gasteiger partial charge in [0.05, 0.1) is 0 Å². The molecule has 2 aromatic rings. The summed E-state index contributed by atoms with van der Waals surface area (Å²) in [5, 5.41) is 3.27. The second-order valence-electron chi connectivity index (χ2n) is 7.16. The second kappa shape index (κ2) is 7.90. The molecular weight excluding hydrogens is 402 g/mol. The Morgan fingerprint density at radius 3 is 2.25 bits per heavy atom. The van der Waals surface area contributed by atoms with Gasteiger partial charge in [0.15, 0.2) is 0 Å². The van der Waals surface area contributed by atoms with Gasteiger partial charge in [-0.1, -0.05) is 42.7 Å². The van der Waals surface area contributed by atoms with Crippen LogP contribution in [0.25, 0.3) is 0 Å². The summed E-state index contributed by atoms with van der Waals surface area (Å²) in [5.41, 5.74) is 1.95. The molecule has 1 fully saturated rings. The van der Waals surface area contributed by atoms with Crippen LogP contribution >= 0.6 is 0 Å². The van der Waals surface area contributed by atoms with Crippen molar-refractivity contribution in [2.45, 2.75) is 50.4 Å². The number of hydrogen-bond acceptors (Lipinski definition) is 6. The van der Waals surface area contributed by atoms with E-state index in [1.54, 1.807) is 0 Å². The first-order valence-corrected chi connectivity index (χ1v) is 11.9. The largest absolute Gasteiger partial charge is 0.323 e. The average Bonchev–Trinajstić information content (AvgIpc) is 3.33. The molecule has 0 radical (unpaired) electrons. The van der Waals surface area contributed by atoms with Crippen molar-refractivity contribution in [1.29, 1.82) is 0 Å². The van der Waals surface area contributed by atoms with Crippen molar-refractivity contribution in [2.75, 3.05) is 14.1 Å². The third-order valence-corrected chi connectivity index (χ3v) is 8.14. The van der Waals surface area contributed by atoms with Crippen molar-refractivity contribution in [2.24, 2.45) is 0 Å².